The number of urea groups is 1. The molecule has 8 heteroatoms. The molecule has 0 saturated carbocycles. The van der Waals surface area contributed by atoms with Gasteiger partial charge in [-0.05, 0) is 25.3 Å². The molecule has 0 aliphatic carbocycles. The molecule has 26 heavy (non-hydrogen) atoms. The molecule has 3 unspecified atom stereocenters. The van der Waals surface area contributed by atoms with Crippen LogP contribution in [0, 0.1) is 0 Å². The summed E-state index contributed by atoms with van der Waals surface area (Å²) in [7, 11) is -3.22. The third-order valence-corrected chi connectivity index (χ3v) is 6.17. The molecule has 2 amide bonds. The monoisotopic (exact) mass is 381 g/mol. The summed E-state index contributed by atoms with van der Waals surface area (Å²) in [5.41, 5.74) is 1.05. The number of ether oxygens (including phenoxy) is 1. The number of hydrogen-bond acceptors (Lipinski definition) is 4. The summed E-state index contributed by atoms with van der Waals surface area (Å²) in [4.78, 5) is 14.5. The van der Waals surface area contributed by atoms with Crippen LogP contribution in [0.2, 0.25) is 0 Å². The summed E-state index contributed by atoms with van der Waals surface area (Å²) >= 11 is 0. The Morgan fingerprint density at radius 3 is 2.62 bits per heavy atom. The smallest absolute Gasteiger partial charge is 0.317 e. The third-order valence-electron chi connectivity index (χ3n) is 4.90. The van der Waals surface area contributed by atoms with Crippen molar-refractivity contribution in [2.24, 2.45) is 0 Å². The van der Waals surface area contributed by atoms with Crippen LogP contribution in [0.3, 0.4) is 0 Å². The van der Waals surface area contributed by atoms with Crippen LogP contribution in [0.15, 0.2) is 30.3 Å². The number of nitrogens with zero attached hydrogens (tertiary/aromatic N) is 2. The SMILES string of the molecule is CC1CN(C(=O)NC2CCCN(S(C)(=O)=O)C2)CC(c2ccccc2)O1. The van der Waals surface area contributed by atoms with Crippen molar-refractivity contribution in [2.45, 2.75) is 38.0 Å². The fraction of sp³-hybridized carbons (Fsp3) is 0.611. The second kappa shape index (κ2) is 7.94. The van der Waals surface area contributed by atoms with E-state index in [0.29, 0.717) is 26.2 Å². The highest BCUT2D eigenvalue weighted by atomic mass is 32.2. The van der Waals surface area contributed by atoms with Gasteiger partial charge in [0.1, 0.15) is 6.10 Å². The van der Waals surface area contributed by atoms with E-state index in [-0.39, 0.29) is 24.3 Å². The van der Waals surface area contributed by atoms with E-state index in [1.54, 1.807) is 4.90 Å². The minimum atomic E-state index is -3.22. The molecule has 7 nitrogen and oxygen atoms in total. The normalized spacial score (nSPS) is 27.9. The summed E-state index contributed by atoms with van der Waals surface area (Å²) in [6.45, 7) is 3.84. The zero-order valence-electron chi connectivity index (χ0n) is 15.3. The maximum absolute atomic E-state index is 12.7. The van der Waals surface area contributed by atoms with Gasteiger partial charge in [0.05, 0.1) is 18.9 Å². The summed E-state index contributed by atoms with van der Waals surface area (Å²) in [5.74, 6) is 0. The maximum Gasteiger partial charge on any atom is 0.317 e. The van der Waals surface area contributed by atoms with Crippen molar-refractivity contribution in [2.75, 3.05) is 32.4 Å². The molecule has 1 aromatic rings. The maximum atomic E-state index is 12.7. The molecular formula is C18H27N3O4S. The molecule has 2 aliphatic rings. The molecular weight excluding hydrogens is 354 g/mol. The van der Waals surface area contributed by atoms with Crippen molar-refractivity contribution in [3.05, 3.63) is 35.9 Å². The number of rotatable bonds is 3. The van der Waals surface area contributed by atoms with Crippen LogP contribution < -0.4 is 5.32 Å². The number of sulfonamides is 1. The van der Waals surface area contributed by atoms with Gasteiger partial charge in [0.25, 0.3) is 0 Å². The van der Waals surface area contributed by atoms with Gasteiger partial charge in [-0.3, -0.25) is 0 Å². The van der Waals surface area contributed by atoms with Crippen molar-refractivity contribution in [3.8, 4) is 0 Å². The van der Waals surface area contributed by atoms with Crippen molar-refractivity contribution < 1.29 is 17.9 Å². The Labute approximate surface area is 155 Å². The molecule has 0 bridgehead atoms. The van der Waals surface area contributed by atoms with Gasteiger partial charge in [-0.25, -0.2) is 17.5 Å². The van der Waals surface area contributed by atoms with Crippen LogP contribution in [0.25, 0.3) is 0 Å². The fourth-order valence-corrected chi connectivity index (χ4v) is 4.51. The van der Waals surface area contributed by atoms with Crippen LogP contribution in [-0.4, -0.2) is 68.2 Å². The predicted molar refractivity (Wildman–Crippen MR) is 99.3 cm³/mol. The Hall–Kier alpha value is -1.64. The fourth-order valence-electron chi connectivity index (χ4n) is 3.60. The predicted octanol–water partition coefficient (Wildman–Crippen LogP) is 1.58. The van der Waals surface area contributed by atoms with E-state index in [1.165, 1.54) is 10.6 Å². The van der Waals surface area contributed by atoms with Gasteiger partial charge in [0.2, 0.25) is 10.0 Å². The summed E-state index contributed by atoms with van der Waals surface area (Å²) in [5, 5.41) is 3.01. The first-order chi connectivity index (χ1) is 12.3. The number of hydrogen-bond donors (Lipinski definition) is 1. The summed E-state index contributed by atoms with van der Waals surface area (Å²) in [6.07, 6.45) is 2.55. The molecule has 0 spiro atoms. The molecule has 0 radical (unpaired) electrons. The highest BCUT2D eigenvalue weighted by Crippen LogP contribution is 2.25. The molecule has 2 saturated heterocycles. The Bertz CT molecular complexity index is 725. The van der Waals surface area contributed by atoms with Gasteiger partial charge in [-0.15, -0.1) is 0 Å². The van der Waals surface area contributed by atoms with E-state index in [9.17, 15) is 13.2 Å². The first-order valence-electron chi connectivity index (χ1n) is 9.04. The van der Waals surface area contributed by atoms with Crippen LogP contribution in [-0.2, 0) is 14.8 Å². The summed E-state index contributed by atoms with van der Waals surface area (Å²) in [6, 6.07) is 9.58. The first-order valence-corrected chi connectivity index (χ1v) is 10.9. The van der Waals surface area contributed by atoms with Gasteiger partial charge in [-0.2, -0.15) is 0 Å². The third kappa shape index (κ3) is 4.75. The Morgan fingerprint density at radius 2 is 1.92 bits per heavy atom. The zero-order chi connectivity index (χ0) is 18.7. The highest BCUT2D eigenvalue weighted by molar-refractivity contribution is 7.88. The van der Waals surface area contributed by atoms with Crippen molar-refractivity contribution >= 4 is 16.1 Å². The van der Waals surface area contributed by atoms with Crippen LogP contribution >= 0.6 is 0 Å². The lowest BCUT2D eigenvalue weighted by Crippen LogP contribution is -2.55. The lowest BCUT2D eigenvalue weighted by atomic mass is 10.1. The van der Waals surface area contributed by atoms with Crippen LogP contribution in [0.4, 0.5) is 4.79 Å². The molecule has 2 heterocycles. The Balaban J connectivity index is 1.62. The average Bonchev–Trinajstić information content (AvgIpc) is 2.61. The highest BCUT2D eigenvalue weighted by Gasteiger charge is 2.32. The molecule has 1 N–H and O–H groups in total. The van der Waals surface area contributed by atoms with E-state index in [1.807, 2.05) is 37.3 Å². The minimum absolute atomic E-state index is 0.0569. The Kier molecular flexibility index (Phi) is 5.84. The van der Waals surface area contributed by atoms with Gasteiger partial charge in [-0.1, -0.05) is 30.3 Å². The number of carbonyl (C=O) groups excluding carboxylic acids is 1. The summed E-state index contributed by atoms with van der Waals surface area (Å²) < 4.78 is 30.9. The van der Waals surface area contributed by atoms with Crippen LogP contribution in [0.5, 0.6) is 0 Å². The van der Waals surface area contributed by atoms with Gasteiger partial charge in [0.15, 0.2) is 0 Å². The largest absolute Gasteiger partial charge is 0.367 e. The van der Waals surface area contributed by atoms with Crippen LogP contribution in [0.1, 0.15) is 31.4 Å². The number of benzene rings is 1. The Morgan fingerprint density at radius 1 is 1.19 bits per heavy atom. The lowest BCUT2D eigenvalue weighted by Gasteiger charge is -2.38. The molecule has 3 atom stereocenters. The molecule has 0 aromatic heterocycles. The number of carbonyl (C=O) groups is 1. The van der Waals surface area contributed by atoms with E-state index in [4.69, 9.17) is 4.74 Å². The molecule has 3 rings (SSSR count). The minimum Gasteiger partial charge on any atom is -0.367 e. The molecule has 144 valence electrons. The topological polar surface area (TPSA) is 79.0 Å². The van der Waals surface area contributed by atoms with E-state index < -0.39 is 10.0 Å². The number of amides is 2. The van der Waals surface area contributed by atoms with Gasteiger partial charge >= 0.3 is 6.03 Å². The van der Waals surface area contributed by atoms with Crippen molar-refractivity contribution in [1.82, 2.24) is 14.5 Å². The zero-order valence-corrected chi connectivity index (χ0v) is 16.1. The average molecular weight is 381 g/mol. The molecule has 2 fully saturated rings. The second-order valence-electron chi connectivity index (χ2n) is 7.16. The van der Waals surface area contributed by atoms with E-state index >= 15 is 0 Å². The van der Waals surface area contributed by atoms with Crippen molar-refractivity contribution in [1.29, 1.82) is 0 Å². The lowest BCUT2D eigenvalue weighted by molar-refractivity contribution is -0.0660. The van der Waals surface area contributed by atoms with Gasteiger partial charge < -0.3 is 15.0 Å². The second-order valence-corrected chi connectivity index (χ2v) is 9.14. The number of nitrogens with one attached hydrogen (secondary N) is 1. The number of morpholine rings is 1. The van der Waals surface area contributed by atoms with E-state index in [2.05, 4.69) is 5.32 Å². The van der Waals surface area contributed by atoms with E-state index in [0.717, 1.165) is 18.4 Å². The first kappa shape index (κ1) is 19.1. The van der Waals surface area contributed by atoms with Crippen molar-refractivity contribution in [3.63, 3.8) is 0 Å². The standard InChI is InChI=1S/C18H27N3O4S/c1-14-11-20(13-17(25-14)15-7-4-3-5-8-15)18(22)19-16-9-6-10-21(12-16)26(2,23)24/h3-5,7-8,14,16-17H,6,9-13H2,1-2H3,(H,19,22). The molecule has 2 aliphatic heterocycles. The molecule has 1 aromatic carbocycles. The number of piperidine rings is 1. The quantitative estimate of drug-likeness (QED) is 0.862. The van der Waals surface area contributed by atoms with Gasteiger partial charge in [0, 0.05) is 25.7 Å².